The van der Waals surface area contributed by atoms with Crippen molar-refractivity contribution in [2.24, 2.45) is 5.73 Å². The van der Waals surface area contributed by atoms with Crippen LogP contribution < -0.4 is 21.7 Å². The molecule has 0 spiro atoms. The molecule has 2 rings (SSSR count). The van der Waals surface area contributed by atoms with Crippen LogP contribution >= 0.6 is 11.3 Å². The number of nitrogen functional groups attached to an aromatic ring is 1. The number of carbonyl (C=O) groups excluding carboxylic acids is 2. The summed E-state index contributed by atoms with van der Waals surface area (Å²) in [5, 5.41) is 22.0. The molecule has 1 saturated heterocycles. The van der Waals surface area contributed by atoms with Crippen molar-refractivity contribution in [2.75, 3.05) is 30.8 Å². The number of nitrogens with zero attached hydrogens (tertiary/aromatic N) is 1. The van der Waals surface area contributed by atoms with Gasteiger partial charge >= 0.3 is 0 Å². The Morgan fingerprint density at radius 2 is 1.90 bits per heavy atom. The third-order valence-electron chi connectivity index (χ3n) is 3.15. The summed E-state index contributed by atoms with van der Waals surface area (Å²) in [7, 11) is 1.45. The van der Waals surface area contributed by atoms with Crippen molar-refractivity contribution in [1.29, 1.82) is 0 Å². The fourth-order valence-corrected chi connectivity index (χ4v) is 3.21. The van der Waals surface area contributed by atoms with Crippen LogP contribution in [-0.2, 0) is 0 Å². The van der Waals surface area contributed by atoms with Crippen LogP contribution in [0.25, 0.3) is 0 Å². The van der Waals surface area contributed by atoms with E-state index >= 15 is 0 Å². The zero-order valence-corrected chi connectivity index (χ0v) is 11.6. The minimum atomic E-state index is -0.909. The SMILES string of the molecule is CNC(=O)c1c(N2CC(O)C(O)C2)sc(C(N)=O)c1N. The van der Waals surface area contributed by atoms with Gasteiger partial charge in [0.1, 0.15) is 9.88 Å². The van der Waals surface area contributed by atoms with Gasteiger partial charge in [-0.1, -0.05) is 0 Å². The lowest BCUT2D eigenvalue weighted by Gasteiger charge is -2.17. The number of nitrogens with two attached hydrogens (primary N) is 2. The van der Waals surface area contributed by atoms with Crippen LogP contribution in [0.3, 0.4) is 0 Å². The third-order valence-corrected chi connectivity index (χ3v) is 4.43. The lowest BCUT2D eigenvalue weighted by molar-refractivity contribution is 0.0572. The van der Waals surface area contributed by atoms with E-state index in [-0.39, 0.29) is 29.2 Å². The number of β-amino-alcohol motifs (C(OH)–C–C–N with tert-alkyl or cyclic N) is 2. The van der Waals surface area contributed by atoms with Crippen LogP contribution in [0, 0.1) is 0 Å². The summed E-state index contributed by atoms with van der Waals surface area (Å²) in [6.45, 7) is 0.312. The molecule has 20 heavy (non-hydrogen) atoms. The van der Waals surface area contributed by atoms with E-state index in [0.29, 0.717) is 5.00 Å². The van der Waals surface area contributed by atoms with Crippen molar-refractivity contribution in [1.82, 2.24) is 5.32 Å². The fourth-order valence-electron chi connectivity index (χ4n) is 2.12. The van der Waals surface area contributed by atoms with Crippen molar-refractivity contribution < 1.29 is 19.8 Å². The molecule has 2 atom stereocenters. The molecule has 2 unspecified atom stereocenters. The predicted molar refractivity (Wildman–Crippen MR) is 74.9 cm³/mol. The second-order valence-corrected chi connectivity index (χ2v) is 5.51. The summed E-state index contributed by atoms with van der Waals surface area (Å²) in [5.41, 5.74) is 11.2. The van der Waals surface area contributed by atoms with Gasteiger partial charge in [-0.25, -0.2) is 0 Å². The topological polar surface area (TPSA) is 142 Å². The van der Waals surface area contributed by atoms with Crippen LogP contribution in [0.1, 0.15) is 20.0 Å². The van der Waals surface area contributed by atoms with E-state index in [1.807, 2.05) is 0 Å². The minimum Gasteiger partial charge on any atom is -0.397 e. The van der Waals surface area contributed by atoms with E-state index < -0.39 is 24.0 Å². The van der Waals surface area contributed by atoms with E-state index in [1.54, 1.807) is 4.90 Å². The summed E-state index contributed by atoms with van der Waals surface area (Å²) < 4.78 is 0. The highest BCUT2D eigenvalue weighted by Crippen LogP contribution is 2.39. The Balaban J connectivity index is 2.49. The Hall–Kier alpha value is -1.84. The minimum absolute atomic E-state index is 0.0210. The highest BCUT2D eigenvalue weighted by molar-refractivity contribution is 7.19. The van der Waals surface area contributed by atoms with Crippen molar-refractivity contribution in [3.8, 4) is 0 Å². The van der Waals surface area contributed by atoms with E-state index in [0.717, 1.165) is 11.3 Å². The van der Waals surface area contributed by atoms with E-state index in [2.05, 4.69) is 5.32 Å². The average Bonchev–Trinajstić information content (AvgIpc) is 2.90. The zero-order chi connectivity index (χ0) is 15.0. The normalized spacial score (nSPS) is 22.1. The van der Waals surface area contributed by atoms with Gasteiger partial charge in [-0.3, -0.25) is 9.59 Å². The van der Waals surface area contributed by atoms with Gasteiger partial charge in [0.25, 0.3) is 11.8 Å². The number of rotatable bonds is 3. The highest BCUT2D eigenvalue weighted by Gasteiger charge is 2.35. The molecule has 8 nitrogen and oxygen atoms in total. The van der Waals surface area contributed by atoms with Gasteiger partial charge < -0.3 is 31.9 Å². The molecule has 0 aliphatic carbocycles. The van der Waals surface area contributed by atoms with Crippen LogP contribution in [0.2, 0.25) is 0 Å². The largest absolute Gasteiger partial charge is 0.397 e. The summed E-state index contributed by atoms with van der Waals surface area (Å²) in [4.78, 5) is 25.0. The Morgan fingerprint density at radius 3 is 2.35 bits per heavy atom. The van der Waals surface area contributed by atoms with Crippen molar-refractivity contribution in [3.05, 3.63) is 10.4 Å². The van der Waals surface area contributed by atoms with Gasteiger partial charge in [0.2, 0.25) is 0 Å². The van der Waals surface area contributed by atoms with Gasteiger partial charge in [0.15, 0.2) is 0 Å². The molecule has 7 N–H and O–H groups in total. The highest BCUT2D eigenvalue weighted by atomic mass is 32.1. The van der Waals surface area contributed by atoms with Crippen LogP contribution in [0.5, 0.6) is 0 Å². The quantitative estimate of drug-likeness (QED) is 0.452. The van der Waals surface area contributed by atoms with Gasteiger partial charge in [-0.15, -0.1) is 11.3 Å². The Morgan fingerprint density at radius 1 is 1.35 bits per heavy atom. The number of aliphatic hydroxyl groups excluding tert-OH is 2. The number of aliphatic hydroxyl groups is 2. The lowest BCUT2D eigenvalue weighted by atomic mass is 10.2. The number of anilines is 2. The molecule has 0 saturated carbocycles. The van der Waals surface area contributed by atoms with Crippen molar-refractivity contribution in [2.45, 2.75) is 12.2 Å². The van der Waals surface area contributed by atoms with Crippen LogP contribution in [-0.4, -0.2) is 54.4 Å². The first-order chi connectivity index (χ1) is 9.36. The average molecular weight is 300 g/mol. The van der Waals surface area contributed by atoms with E-state index in [9.17, 15) is 19.8 Å². The molecule has 2 heterocycles. The van der Waals surface area contributed by atoms with Gasteiger partial charge in [-0.2, -0.15) is 0 Å². The summed E-state index contributed by atoms with van der Waals surface area (Å²) in [6, 6.07) is 0. The lowest BCUT2D eigenvalue weighted by Crippen LogP contribution is -2.25. The van der Waals surface area contributed by atoms with Crippen molar-refractivity contribution >= 4 is 33.8 Å². The molecule has 2 amide bonds. The van der Waals surface area contributed by atoms with Crippen LogP contribution in [0.4, 0.5) is 10.7 Å². The molecule has 0 aromatic carbocycles. The van der Waals surface area contributed by atoms with Gasteiger partial charge in [0, 0.05) is 20.1 Å². The molecular formula is C11H16N4O4S. The first-order valence-electron chi connectivity index (χ1n) is 5.92. The second-order valence-electron chi connectivity index (χ2n) is 4.51. The fraction of sp³-hybridized carbons (Fsp3) is 0.455. The maximum absolute atomic E-state index is 11.9. The number of thiophene rings is 1. The Kier molecular flexibility index (Phi) is 3.84. The molecule has 1 aliphatic rings. The summed E-state index contributed by atoms with van der Waals surface area (Å²) >= 11 is 0.983. The maximum Gasteiger partial charge on any atom is 0.260 e. The third kappa shape index (κ3) is 2.30. The standard InChI is InChI=1S/C11H16N4O4S/c1-14-10(19)6-7(12)8(9(13)18)20-11(6)15-2-4(16)5(17)3-15/h4-5,16-17H,2-3,12H2,1H3,(H2,13,18)(H,14,19). The molecule has 1 aliphatic heterocycles. The zero-order valence-electron chi connectivity index (χ0n) is 10.8. The summed E-state index contributed by atoms with van der Waals surface area (Å²) in [5.74, 6) is -1.17. The smallest absolute Gasteiger partial charge is 0.260 e. The number of amides is 2. The molecular weight excluding hydrogens is 284 g/mol. The molecule has 0 radical (unpaired) electrons. The Labute approximate surface area is 119 Å². The number of carbonyl (C=O) groups is 2. The molecule has 1 aromatic rings. The van der Waals surface area contributed by atoms with Crippen molar-refractivity contribution in [3.63, 3.8) is 0 Å². The number of hydrogen-bond donors (Lipinski definition) is 5. The second kappa shape index (κ2) is 5.27. The predicted octanol–water partition coefficient (Wildman–Crippen LogP) is -1.67. The van der Waals surface area contributed by atoms with Crippen LogP contribution in [0.15, 0.2) is 0 Å². The number of primary amides is 1. The van der Waals surface area contributed by atoms with Gasteiger partial charge in [-0.05, 0) is 0 Å². The summed E-state index contributed by atoms with van der Waals surface area (Å²) in [6.07, 6.45) is -1.82. The molecule has 9 heteroatoms. The maximum atomic E-state index is 11.9. The molecule has 1 fully saturated rings. The number of nitrogens with one attached hydrogen (secondary N) is 1. The first kappa shape index (κ1) is 14.6. The van der Waals surface area contributed by atoms with E-state index in [4.69, 9.17) is 11.5 Å². The Bertz CT molecular complexity index is 549. The van der Waals surface area contributed by atoms with E-state index in [1.165, 1.54) is 7.05 Å². The molecule has 0 bridgehead atoms. The first-order valence-corrected chi connectivity index (χ1v) is 6.73. The monoisotopic (exact) mass is 300 g/mol. The number of hydrogen-bond acceptors (Lipinski definition) is 7. The molecule has 1 aromatic heterocycles. The van der Waals surface area contributed by atoms with Gasteiger partial charge in [0.05, 0.1) is 23.5 Å². The molecule has 110 valence electrons.